The lowest BCUT2D eigenvalue weighted by molar-refractivity contribution is 0.644. The van der Waals surface area contributed by atoms with Crippen LogP contribution in [0.5, 0.6) is 0 Å². The van der Waals surface area contributed by atoms with Gasteiger partial charge in [-0.2, -0.15) is 0 Å². The van der Waals surface area contributed by atoms with Crippen molar-refractivity contribution in [2.45, 2.75) is 19.4 Å². The molecule has 1 radical (unpaired) electrons. The zero-order valence-electron chi connectivity index (χ0n) is 4.49. The highest BCUT2D eigenvalue weighted by Crippen LogP contribution is 1.81. The van der Waals surface area contributed by atoms with E-state index in [4.69, 9.17) is 0 Å². The average Bonchev–Trinajstić information content (AvgIpc) is 1.65. The minimum Gasteiger partial charge on any atom is -0.317 e. The van der Waals surface area contributed by atoms with Gasteiger partial charge in [0.25, 0.3) is 0 Å². The molecule has 0 aromatic rings. The van der Waals surface area contributed by atoms with E-state index >= 15 is 0 Å². The summed E-state index contributed by atoms with van der Waals surface area (Å²) in [7, 11) is 1.92. The standard InChI is InChI=1S/C5H12N/c1-4-5(2)6-3/h5-6H,2,4H2,1,3H3. The smallest absolute Gasteiger partial charge is 0.00620 e. The van der Waals surface area contributed by atoms with Crippen molar-refractivity contribution in [2.24, 2.45) is 0 Å². The maximum atomic E-state index is 3.76. The fraction of sp³-hybridized carbons (Fsp3) is 0.800. The highest BCUT2D eigenvalue weighted by molar-refractivity contribution is 4.61. The van der Waals surface area contributed by atoms with Gasteiger partial charge in [-0.3, -0.25) is 0 Å². The molecular weight excluding hydrogens is 74.1 g/mol. The third-order valence-electron chi connectivity index (χ3n) is 0.901. The van der Waals surface area contributed by atoms with Gasteiger partial charge in [0.15, 0.2) is 0 Å². The Balaban J connectivity index is 2.75. The van der Waals surface area contributed by atoms with Crippen LogP contribution in [0.25, 0.3) is 0 Å². The van der Waals surface area contributed by atoms with Crippen molar-refractivity contribution in [3.63, 3.8) is 0 Å². The van der Waals surface area contributed by atoms with Crippen LogP contribution >= 0.6 is 0 Å². The summed E-state index contributed by atoms with van der Waals surface area (Å²) in [5, 5.41) is 3.00. The van der Waals surface area contributed by atoms with E-state index in [0.29, 0.717) is 6.04 Å². The molecule has 1 heteroatoms. The summed E-state index contributed by atoms with van der Waals surface area (Å²) in [6.07, 6.45) is 1.11. The summed E-state index contributed by atoms with van der Waals surface area (Å²) in [5.41, 5.74) is 0. The highest BCUT2D eigenvalue weighted by Gasteiger charge is 1.86. The van der Waals surface area contributed by atoms with Crippen molar-refractivity contribution in [1.29, 1.82) is 0 Å². The summed E-state index contributed by atoms with van der Waals surface area (Å²) in [4.78, 5) is 0. The largest absolute Gasteiger partial charge is 0.317 e. The van der Waals surface area contributed by atoms with Crippen LogP contribution in [0.1, 0.15) is 13.3 Å². The van der Waals surface area contributed by atoms with Crippen molar-refractivity contribution in [3.05, 3.63) is 6.92 Å². The second-order valence-electron chi connectivity index (χ2n) is 1.39. The van der Waals surface area contributed by atoms with E-state index in [1.807, 2.05) is 7.05 Å². The Kier molecular flexibility index (Phi) is 3.14. The Hall–Kier alpha value is -0.0400. The van der Waals surface area contributed by atoms with E-state index in [-0.39, 0.29) is 0 Å². The van der Waals surface area contributed by atoms with Gasteiger partial charge in [-0.05, 0) is 20.4 Å². The molecule has 6 heavy (non-hydrogen) atoms. The van der Waals surface area contributed by atoms with Gasteiger partial charge in [-0.15, -0.1) is 0 Å². The number of nitrogens with one attached hydrogen (secondary N) is 1. The van der Waals surface area contributed by atoms with Crippen LogP contribution in [0.4, 0.5) is 0 Å². The van der Waals surface area contributed by atoms with Gasteiger partial charge in [-0.25, -0.2) is 0 Å². The second-order valence-corrected chi connectivity index (χ2v) is 1.39. The number of hydrogen-bond donors (Lipinski definition) is 1. The normalized spacial score (nSPS) is 14.5. The summed E-state index contributed by atoms with van der Waals surface area (Å²) in [6, 6.07) is 0.435. The topological polar surface area (TPSA) is 12.0 Å². The summed E-state index contributed by atoms with van der Waals surface area (Å²) < 4.78 is 0. The first-order chi connectivity index (χ1) is 2.81. The van der Waals surface area contributed by atoms with Crippen molar-refractivity contribution >= 4 is 0 Å². The lowest BCUT2D eigenvalue weighted by atomic mass is 10.3. The van der Waals surface area contributed by atoms with Crippen LogP contribution in [-0.2, 0) is 0 Å². The molecule has 0 aliphatic heterocycles. The minimum absolute atomic E-state index is 0.435. The molecular formula is C5H12N. The van der Waals surface area contributed by atoms with Crippen molar-refractivity contribution in [2.75, 3.05) is 7.05 Å². The monoisotopic (exact) mass is 86.1 g/mol. The van der Waals surface area contributed by atoms with Gasteiger partial charge in [0.1, 0.15) is 0 Å². The van der Waals surface area contributed by atoms with Gasteiger partial charge in [-0.1, -0.05) is 6.92 Å². The molecule has 1 nitrogen and oxygen atoms in total. The number of rotatable bonds is 2. The summed E-state index contributed by atoms with van der Waals surface area (Å²) >= 11 is 0. The number of hydrogen-bond acceptors (Lipinski definition) is 1. The van der Waals surface area contributed by atoms with Crippen LogP contribution in [0.15, 0.2) is 0 Å². The molecule has 0 spiro atoms. The molecule has 0 fully saturated rings. The molecule has 0 heterocycles. The third-order valence-corrected chi connectivity index (χ3v) is 0.901. The van der Waals surface area contributed by atoms with Crippen LogP contribution in [0.2, 0.25) is 0 Å². The molecule has 0 aromatic heterocycles. The molecule has 1 unspecified atom stereocenters. The van der Waals surface area contributed by atoms with E-state index in [1.54, 1.807) is 0 Å². The molecule has 0 amide bonds. The average molecular weight is 86.2 g/mol. The Labute approximate surface area is 39.7 Å². The molecule has 0 aliphatic carbocycles. The van der Waals surface area contributed by atoms with Crippen molar-refractivity contribution in [1.82, 2.24) is 5.32 Å². The van der Waals surface area contributed by atoms with Crippen LogP contribution in [0, 0.1) is 6.92 Å². The highest BCUT2D eigenvalue weighted by atomic mass is 14.8. The summed E-state index contributed by atoms with van der Waals surface area (Å²) in [5.74, 6) is 0. The molecule has 1 N–H and O–H groups in total. The van der Waals surface area contributed by atoms with E-state index in [2.05, 4.69) is 19.2 Å². The first-order valence-electron chi connectivity index (χ1n) is 2.31. The van der Waals surface area contributed by atoms with Gasteiger partial charge >= 0.3 is 0 Å². The molecule has 0 aliphatic rings. The predicted octanol–water partition coefficient (Wildman–Crippen LogP) is 0.818. The second kappa shape index (κ2) is 3.16. The fourth-order valence-corrected chi connectivity index (χ4v) is 0.204. The molecule has 0 bridgehead atoms. The fourth-order valence-electron chi connectivity index (χ4n) is 0.204. The lowest BCUT2D eigenvalue weighted by Crippen LogP contribution is -2.19. The Bertz CT molecular complexity index is 23.1. The maximum Gasteiger partial charge on any atom is 0.00620 e. The van der Waals surface area contributed by atoms with E-state index in [1.165, 1.54) is 0 Å². The zero-order chi connectivity index (χ0) is 4.99. The van der Waals surface area contributed by atoms with Crippen LogP contribution < -0.4 is 5.32 Å². The zero-order valence-corrected chi connectivity index (χ0v) is 4.49. The van der Waals surface area contributed by atoms with E-state index in [9.17, 15) is 0 Å². The van der Waals surface area contributed by atoms with Gasteiger partial charge < -0.3 is 5.32 Å². The minimum atomic E-state index is 0.435. The lowest BCUT2D eigenvalue weighted by Gasteiger charge is -2.02. The van der Waals surface area contributed by atoms with Crippen molar-refractivity contribution in [3.8, 4) is 0 Å². The van der Waals surface area contributed by atoms with Gasteiger partial charge in [0, 0.05) is 6.04 Å². The quantitative estimate of drug-likeness (QED) is 0.524. The first kappa shape index (κ1) is 5.96. The van der Waals surface area contributed by atoms with Crippen LogP contribution in [-0.4, -0.2) is 13.1 Å². The Morgan fingerprint density at radius 3 is 2.33 bits per heavy atom. The first-order valence-corrected chi connectivity index (χ1v) is 2.31. The predicted molar refractivity (Wildman–Crippen MR) is 28.5 cm³/mol. The Morgan fingerprint density at radius 2 is 2.33 bits per heavy atom. The van der Waals surface area contributed by atoms with E-state index < -0.39 is 0 Å². The van der Waals surface area contributed by atoms with Crippen molar-refractivity contribution < 1.29 is 0 Å². The maximum absolute atomic E-state index is 3.76. The van der Waals surface area contributed by atoms with E-state index in [0.717, 1.165) is 6.42 Å². The molecule has 1 atom stereocenters. The molecule has 0 saturated carbocycles. The molecule has 37 valence electrons. The molecule has 0 aromatic carbocycles. The SMILES string of the molecule is [CH2]C(CC)NC. The van der Waals surface area contributed by atoms with Gasteiger partial charge in [0.2, 0.25) is 0 Å². The van der Waals surface area contributed by atoms with Crippen LogP contribution in [0.3, 0.4) is 0 Å². The van der Waals surface area contributed by atoms with Gasteiger partial charge in [0.05, 0.1) is 0 Å². The molecule has 0 rings (SSSR count). The molecule has 0 saturated heterocycles. The summed E-state index contributed by atoms with van der Waals surface area (Å²) in [6.45, 7) is 5.87. The Morgan fingerprint density at radius 1 is 1.83 bits per heavy atom. The third kappa shape index (κ3) is 2.21.